The number of halogens is 3. The minimum atomic E-state index is -5.57. The summed E-state index contributed by atoms with van der Waals surface area (Å²) in [5.41, 5.74) is -6.98. The first-order valence-electron chi connectivity index (χ1n) is 7.29. The molecule has 25 heavy (non-hydrogen) atoms. The lowest BCUT2D eigenvalue weighted by molar-refractivity contribution is -0.122. The Kier molecular flexibility index (Phi) is 4.99. The molecule has 0 unspecified atom stereocenters. The summed E-state index contributed by atoms with van der Waals surface area (Å²) in [4.78, 5) is 11.4. The van der Waals surface area contributed by atoms with Gasteiger partial charge >= 0.3 is 5.51 Å². The molecule has 0 saturated heterocycles. The summed E-state index contributed by atoms with van der Waals surface area (Å²) in [7, 11) is -4.35. The monoisotopic (exact) mass is 376 g/mol. The molecule has 0 aromatic heterocycles. The third-order valence-electron chi connectivity index (χ3n) is 4.14. The number of carbonyl (C=O) groups is 1. The molecule has 1 fully saturated rings. The topological polar surface area (TPSA) is 96.3 Å². The number of nitrogens with one attached hydrogen (secondary N) is 1. The number of rotatable bonds is 4. The van der Waals surface area contributed by atoms with E-state index in [1.807, 2.05) is 6.07 Å². The molecule has 10 heteroatoms. The van der Waals surface area contributed by atoms with Crippen molar-refractivity contribution in [3.63, 3.8) is 0 Å². The Morgan fingerprint density at radius 1 is 1.32 bits per heavy atom. The molecule has 6 nitrogen and oxygen atoms in total. The SMILES string of the molecule is COc1ccc(S(=O)(=O)C(F)(F)F)cc1NC(=O)C1(C#N)CCCC1. The van der Waals surface area contributed by atoms with Gasteiger partial charge in [0.2, 0.25) is 5.91 Å². The number of anilines is 1. The molecule has 1 saturated carbocycles. The van der Waals surface area contributed by atoms with Crippen molar-refractivity contribution in [2.75, 3.05) is 12.4 Å². The van der Waals surface area contributed by atoms with Gasteiger partial charge in [0.1, 0.15) is 11.2 Å². The number of ether oxygens (including phenoxy) is 1. The number of nitrogens with zero attached hydrogens (tertiary/aromatic N) is 1. The van der Waals surface area contributed by atoms with E-state index in [0.29, 0.717) is 31.7 Å². The minimum Gasteiger partial charge on any atom is -0.495 e. The summed E-state index contributed by atoms with van der Waals surface area (Å²) in [5, 5.41) is 11.6. The zero-order valence-corrected chi connectivity index (χ0v) is 14.0. The molecule has 1 N–H and O–H groups in total. The fraction of sp³-hybridized carbons (Fsp3) is 0.467. The van der Waals surface area contributed by atoms with Gasteiger partial charge in [0.25, 0.3) is 9.84 Å². The number of carbonyl (C=O) groups excluding carboxylic acids is 1. The smallest absolute Gasteiger partial charge is 0.495 e. The van der Waals surface area contributed by atoms with Crippen LogP contribution in [0.4, 0.5) is 18.9 Å². The number of hydrogen-bond acceptors (Lipinski definition) is 5. The van der Waals surface area contributed by atoms with Crippen LogP contribution in [0.15, 0.2) is 23.1 Å². The fourth-order valence-electron chi connectivity index (χ4n) is 2.70. The van der Waals surface area contributed by atoms with Crippen LogP contribution in [-0.4, -0.2) is 26.9 Å². The van der Waals surface area contributed by atoms with E-state index in [-0.39, 0.29) is 11.4 Å². The molecule has 1 aromatic carbocycles. The van der Waals surface area contributed by atoms with E-state index in [4.69, 9.17) is 4.74 Å². The molecule has 2 rings (SSSR count). The quantitative estimate of drug-likeness (QED) is 0.871. The molecule has 1 aliphatic rings. The van der Waals surface area contributed by atoms with Gasteiger partial charge < -0.3 is 10.1 Å². The van der Waals surface area contributed by atoms with E-state index < -0.39 is 31.6 Å². The van der Waals surface area contributed by atoms with Gasteiger partial charge in [-0.2, -0.15) is 18.4 Å². The maximum atomic E-state index is 12.7. The maximum Gasteiger partial charge on any atom is 0.501 e. The normalized spacial score (nSPS) is 16.9. The second-order valence-electron chi connectivity index (χ2n) is 5.67. The van der Waals surface area contributed by atoms with Gasteiger partial charge in [-0.1, -0.05) is 12.8 Å². The number of nitriles is 1. The van der Waals surface area contributed by atoms with Crippen LogP contribution >= 0.6 is 0 Å². The Labute approximate surface area is 142 Å². The summed E-state index contributed by atoms with van der Waals surface area (Å²) in [5.74, 6) is -0.701. The average molecular weight is 376 g/mol. The highest BCUT2D eigenvalue weighted by Gasteiger charge is 2.47. The van der Waals surface area contributed by atoms with Gasteiger partial charge in [0.15, 0.2) is 0 Å². The largest absolute Gasteiger partial charge is 0.501 e. The summed E-state index contributed by atoms with van der Waals surface area (Å²) >= 11 is 0. The molecule has 0 radical (unpaired) electrons. The lowest BCUT2D eigenvalue weighted by Gasteiger charge is -2.20. The van der Waals surface area contributed by atoms with Crippen LogP contribution in [0.2, 0.25) is 0 Å². The van der Waals surface area contributed by atoms with Crippen LogP contribution in [0.25, 0.3) is 0 Å². The first-order valence-corrected chi connectivity index (χ1v) is 8.78. The summed E-state index contributed by atoms with van der Waals surface area (Å²) in [6, 6.07) is 4.39. The molecule has 0 spiro atoms. The van der Waals surface area contributed by atoms with Crippen LogP contribution < -0.4 is 10.1 Å². The molecule has 0 heterocycles. The third-order valence-corrected chi connectivity index (χ3v) is 5.62. The van der Waals surface area contributed by atoms with Crippen LogP contribution in [0.3, 0.4) is 0 Å². The number of methoxy groups -OCH3 is 1. The number of amides is 1. The zero-order valence-electron chi connectivity index (χ0n) is 13.2. The Hall–Kier alpha value is -2.28. The van der Waals surface area contributed by atoms with Crippen molar-refractivity contribution >= 4 is 21.4 Å². The lowest BCUT2D eigenvalue weighted by Crippen LogP contribution is -2.32. The molecule has 1 aromatic rings. The molecule has 0 atom stereocenters. The van der Waals surface area contributed by atoms with E-state index in [2.05, 4.69) is 5.32 Å². The third kappa shape index (κ3) is 3.42. The molecule has 0 bridgehead atoms. The minimum absolute atomic E-state index is 0.0134. The second kappa shape index (κ2) is 6.55. The molecular formula is C15H15F3N2O4S. The van der Waals surface area contributed by atoms with Crippen molar-refractivity contribution in [1.82, 2.24) is 0 Å². The second-order valence-corrected chi connectivity index (χ2v) is 7.61. The summed E-state index contributed by atoms with van der Waals surface area (Å²) < 4.78 is 66.1. The van der Waals surface area contributed by atoms with E-state index in [1.165, 1.54) is 7.11 Å². The predicted octanol–water partition coefficient (Wildman–Crippen LogP) is 3.01. The highest BCUT2D eigenvalue weighted by molar-refractivity contribution is 7.92. The van der Waals surface area contributed by atoms with Crippen molar-refractivity contribution in [2.24, 2.45) is 5.41 Å². The molecule has 1 aliphatic carbocycles. The van der Waals surface area contributed by atoms with Gasteiger partial charge in [0, 0.05) is 0 Å². The van der Waals surface area contributed by atoms with Crippen molar-refractivity contribution in [3.05, 3.63) is 18.2 Å². The molecule has 1 amide bonds. The molecule has 136 valence electrons. The zero-order chi connectivity index (χ0) is 18.9. The molecular weight excluding hydrogens is 361 g/mol. The first kappa shape index (κ1) is 19.1. The van der Waals surface area contributed by atoms with Gasteiger partial charge in [-0.25, -0.2) is 8.42 Å². The number of alkyl halides is 3. The van der Waals surface area contributed by atoms with E-state index in [0.717, 1.165) is 12.1 Å². The number of benzene rings is 1. The lowest BCUT2D eigenvalue weighted by atomic mass is 9.87. The van der Waals surface area contributed by atoms with Crippen molar-refractivity contribution in [1.29, 1.82) is 5.26 Å². The Morgan fingerprint density at radius 2 is 1.92 bits per heavy atom. The van der Waals surface area contributed by atoms with E-state index in [9.17, 15) is 31.6 Å². The van der Waals surface area contributed by atoms with Crippen LogP contribution in [-0.2, 0) is 14.6 Å². The van der Waals surface area contributed by atoms with E-state index in [1.54, 1.807) is 0 Å². The van der Waals surface area contributed by atoms with Gasteiger partial charge in [-0.3, -0.25) is 4.79 Å². The Balaban J connectivity index is 2.42. The van der Waals surface area contributed by atoms with Crippen molar-refractivity contribution < 1.29 is 31.1 Å². The standard InChI is InChI=1S/C15H15F3N2O4S/c1-24-12-5-4-10(25(22,23)15(16,17)18)8-11(12)20-13(21)14(9-19)6-2-3-7-14/h4-5,8H,2-3,6-7H2,1H3,(H,20,21). The summed E-state index contributed by atoms with van der Waals surface area (Å²) in [6.07, 6.45) is 2.03. The average Bonchev–Trinajstić information content (AvgIpc) is 3.04. The fourth-order valence-corrected chi connectivity index (χ4v) is 3.48. The van der Waals surface area contributed by atoms with Crippen LogP contribution in [0.1, 0.15) is 25.7 Å². The number of hydrogen-bond donors (Lipinski definition) is 1. The van der Waals surface area contributed by atoms with Crippen molar-refractivity contribution in [2.45, 2.75) is 36.1 Å². The first-order chi connectivity index (χ1) is 11.6. The Bertz CT molecular complexity index is 822. The van der Waals surface area contributed by atoms with Crippen LogP contribution in [0.5, 0.6) is 5.75 Å². The molecule has 0 aliphatic heterocycles. The van der Waals surface area contributed by atoms with Crippen molar-refractivity contribution in [3.8, 4) is 11.8 Å². The van der Waals surface area contributed by atoms with Gasteiger partial charge in [0.05, 0.1) is 23.8 Å². The predicted molar refractivity (Wildman–Crippen MR) is 81.4 cm³/mol. The highest BCUT2D eigenvalue weighted by Crippen LogP contribution is 2.40. The number of sulfone groups is 1. The highest BCUT2D eigenvalue weighted by atomic mass is 32.2. The maximum absolute atomic E-state index is 12.7. The van der Waals surface area contributed by atoms with Crippen LogP contribution in [0, 0.1) is 16.7 Å². The Morgan fingerprint density at radius 3 is 2.40 bits per heavy atom. The van der Waals surface area contributed by atoms with Gasteiger partial charge in [-0.15, -0.1) is 0 Å². The van der Waals surface area contributed by atoms with E-state index >= 15 is 0 Å². The van der Waals surface area contributed by atoms with Gasteiger partial charge in [-0.05, 0) is 31.0 Å². The summed E-state index contributed by atoms with van der Waals surface area (Å²) in [6.45, 7) is 0.